The fourth-order valence-electron chi connectivity index (χ4n) is 12.3. The predicted molar refractivity (Wildman–Crippen MR) is 324 cm³/mol. The highest BCUT2D eigenvalue weighted by Crippen LogP contribution is 2.47. The first-order chi connectivity index (χ1) is 39.1. The minimum Gasteiger partial charge on any atom is -0.456 e. The van der Waals surface area contributed by atoms with E-state index in [1.54, 1.807) is 0 Å². The molecule has 0 bridgehead atoms. The molecule has 2 unspecified atom stereocenters. The van der Waals surface area contributed by atoms with E-state index < -0.39 is 0 Å². The molecule has 10 aromatic carbocycles. The van der Waals surface area contributed by atoms with E-state index in [2.05, 4.69) is 193 Å². The van der Waals surface area contributed by atoms with E-state index in [0.717, 1.165) is 124 Å². The Morgan fingerprint density at radius 1 is 0.430 bits per heavy atom. The maximum Gasteiger partial charge on any atom is 0.238 e. The van der Waals surface area contributed by atoms with Gasteiger partial charge in [0, 0.05) is 55.1 Å². The van der Waals surface area contributed by atoms with Crippen molar-refractivity contribution in [2.24, 2.45) is 10.9 Å². The largest absolute Gasteiger partial charge is 0.456 e. The van der Waals surface area contributed by atoms with Gasteiger partial charge in [-0.1, -0.05) is 195 Å². The summed E-state index contributed by atoms with van der Waals surface area (Å²) in [6.07, 6.45) is 5.21. The summed E-state index contributed by atoms with van der Waals surface area (Å²) in [4.78, 5) is 21.1. The first kappa shape index (κ1) is 46.3. The third-order valence-electron chi connectivity index (χ3n) is 16.0. The molecular weight excluding hydrogens is 967 g/mol. The fraction of sp³-hybridized carbons (Fsp3) is 0.0833. The SMILES string of the molecule is CCC1C(c2ccccc2)=CCCC(c2ccccc2)=NC1c1ccc2oc3cccc(-c4cccc5oc6ccc(-c7ccc8c(c7)c7ccccc7n8-c7nc(-c8ccccc8)nc(-c8ccccc8)n7)cc6c45)c3c2c1. The second-order valence-electron chi connectivity index (χ2n) is 20.6. The lowest BCUT2D eigenvalue weighted by Gasteiger charge is -2.29. The minimum atomic E-state index is -0.118. The van der Waals surface area contributed by atoms with Crippen LogP contribution in [0.4, 0.5) is 0 Å². The number of benzene rings is 10. The lowest BCUT2D eigenvalue weighted by Crippen LogP contribution is -2.17. The second kappa shape index (κ2) is 19.2. The van der Waals surface area contributed by atoms with Gasteiger partial charge in [-0.05, 0) is 118 Å². The van der Waals surface area contributed by atoms with Crippen molar-refractivity contribution in [3.05, 3.63) is 259 Å². The Hall–Kier alpha value is -9.98. The molecule has 15 rings (SSSR count). The standard InChI is InChI=1S/C72H51N5O2/c1-2-52-53(45-20-7-3-8-21-45)29-17-32-60(46-22-9-4-10-23-46)73-69(52)51-38-41-64-59(44-51)68-56(31-19-35-66(68)79-64)55-30-18-34-65-67(55)58-43-50(37-40-63(58)78-65)49-36-39-62-57(42-49)54-28-15-16-33-61(54)77(62)72-75-70(47-24-11-5-12-25-47)74-71(76-72)48-26-13-6-14-27-48/h3-16,18-31,33-44,52,69H,2,17,32H2,1H3. The monoisotopic (exact) mass is 1020 g/mol. The Morgan fingerprint density at radius 3 is 1.59 bits per heavy atom. The highest BCUT2D eigenvalue weighted by Gasteiger charge is 2.29. The normalized spacial score (nSPS) is 15.0. The van der Waals surface area contributed by atoms with E-state index in [9.17, 15) is 0 Å². The molecule has 1 aliphatic heterocycles. The zero-order valence-electron chi connectivity index (χ0n) is 43.4. The van der Waals surface area contributed by atoms with Gasteiger partial charge < -0.3 is 8.83 Å². The third-order valence-corrected chi connectivity index (χ3v) is 16.0. The zero-order valence-corrected chi connectivity index (χ0v) is 43.4. The van der Waals surface area contributed by atoms with Crippen molar-refractivity contribution < 1.29 is 8.83 Å². The Bertz CT molecular complexity index is 4650. The van der Waals surface area contributed by atoms with Crippen molar-refractivity contribution in [3.8, 4) is 51.0 Å². The van der Waals surface area contributed by atoms with Crippen LogP contribution in [-0.2, 0) is 0 Å². The number of hydrogen-bond acceptors (Lipinski definition) is 6. The van der Waals surface area contributed by atoms with Crippen molar-refractivity contribution in [1.82, 2.24) is 19.5 Å². The minimum absolute atomic E-state index is 0.118. The van der Waals surface area contributed by atoms with Crippen LogP contribution in [0.5, 0.6) is 0 Å². The number of hydrogen-bond donors (Lipinski definition) is 0. The van der Waals surface area contributed by atoms with Gasteiger partial charge in [0.25, 0.3) is 0 Å². The quantitative estimate of drug-likeness (QED) is 0.144. The van der Waals surface area contributed by atoms with Crippen LogP contribution in [0.1, 0.15) is 48.9 Å². The van der Waals surface area contributed by atoms with E-state index >= 15 is 0 Å². The number of aliphatic imine (C=N–C) groups is 1. The van der Waals surface area contributed by atoms with E-state index in [1.807, 2.05) is 60.7 Å². The molecule has 0 saturated heterocycles. The Labute approximate surface area is 456 Å². The lowest BCUT2D eigenvalue weighted by molar-refractivity contribution is 0.519. The molecule has 79 heavy (non-hydrogen) atoms. The molecule has 5 heterocycles. The molecule has 0 aliphatic carbocycles. The number of nitrogens with zero attached hydrogens (tertiary/aromatic N) is 5. The van der Waals surface area contributed by atoms with Crippen LogP contribution in [0.25, 0.3) is 122 Å². The van der Waals surface area contributed by atoms with Crippen molar-refractivity contribution in [3.63, 3.8) is 0 Å². The molecule has 7 nitrogen and oxygen atoms in total. The molecule has 0 fully saturated rings. The van der Waals surface area contributed by atoms with Gasteiger partial charge in [-0.15, -0.1) is 0 Å². The van der Waals surface area contributed by atoms with Crippen LogP contribution < -0.4 is 0 Å². The maximum absolute atomic E-state index is 6.76. The summed E-state index contributed by atoms with van der Waals surface area (Å²) < 4.78 is 15.7. The molecule has 0 amide bonds. The van der Waals surface area contributed by atoms with E-state index in [-0.39, 0.29) is 12.0 Å². The predicted octanol–water partition coefficient (Wildman–Crippen LogP) is 18.9. The number of furan rings is 2. The molecule has 7 heteroatoms. The molecule has 0 spiro atoms. The van der Waals surface area contributed by atoms with E-state index in [0.29, 0.717) is 17.6 Å². The van der Waals surface area contributed by atoms with Crippen LogP contribution in [0, 0.1) is 5.92 Å². The number of aromatic nitrogens is 4. The summed E-state index contributed by atoms with van der Waals surface area (Å²) in [6, 6.07) is 83.1. The molecule has 14 aromatic rings. The molecule has 0 N–H and O–H groups in total. The van der Waals surface area contributed by atoms with Crippen LogP contribution >= 0.6 is 0 Å². The molecule has 0 saturated carbocycles. The molecule has 0 radical (unpaired) electrons. The summed E-state index contributed by atoms with van der Waals surface area (Å²) in [5, 5.41) is 6.48. The van der Waals surface area contributed by atoms with Crippen molar-refractivity contribution in [1.29, 1.82) is 0 Å². The highest BCUT2D eigenvalue weighted by atomic mass is 16.3. The van der Waals surface area contributed by atoms with Crippen LogP contribution in [0.2, 0.25) is 0 Å². The number of allylic oxidation sites excluding steroid dienone is 1. The molecule has 1 aliphatic rings. The Kier molecular flexibility index (Phi) is 11.3. The fourth-order valence-corrected chi connectivity index (χ4v) is 12.3. The van der Waals surface area contributed by atoms with Crippen molar-refractivity contribution in [2.45, 2.75) is 32.2 Å². The van der Waals surface area contributed by atoms with Gasteiger partial charge in [-0.3, -0.25) is 9.56 Å². The van der Waals surface area contributed by atoms with Gasteiger partial charge in [0.2, 0.25) is 5.95 Å². The van der Waals surface area contributed by atoms with Crippen LogP contribution in [0.3, 0.4) is 0 Å². The molecule has 376 valence electrons. The number of fused-ring (bicyclic) bond motifs is 9. The van der Waals surface area contributed by atoms with Crippen LogP contribution in [-0.4, -0.2) is 25.2 Å². The van der Waals surface area contributed by atoms with Gasteiger partial charge in [-0.2, -0.15) is 9.97 Å². The Balaban J connectivity index is 0.863. The topological polar surface area (TPSA) is 82.2 Å². The highest BCUT2D eigenvalue weighted by molar-refractivity contribution is 6.20. The first-order valence-electron chi connectivity index (χ1n) is 27.3. The average molecular weight is 1020 g/mol. The van der Waals surface area contributed by atoms with Crippen molar-refractivity contribution in [2.75, 3.05) is 0 Å². The van der Waals surface area contributed by atoms with Gasteiger partial charge in [0.15, 0.2) is 11.6 Å². The van der Waals surface area contributed by atoms with Gasteiger partial charge in [0.1, 0.15) is 22.3 Å². The zero-order chi connectivity index (χ0) is 52.4. The maximum atomic E-state index is 6.76. The van der Waals surface area contributed by atoms with E-state index in [4.69, 9.17) is 28.8 Å². The average Bonchev–Trinajstić information content (AvgIpc) is 4.34. The number of para-hydroxylation sites is 1. The first-order valence-corrected chi connectivity index (χ1v) is 27.3. The molecule has 4 aromatic heterocycles. The lowest BCUT2D eigenvalue weighted by atomic mass is 9.80. The molecule has 2 atom stereocenters. The van der Waals surface area contributed by atoms with E-state index in [1.165, 1.54) is 22.3 Å². The summed E-state index contributed by atoms with van der Waals surface area (Å²) in [5.74, 6) is 1.96. The smallest absolute Gasteiger partial charge is 0.238 e. The molecular formula is C72H51N5O2. The second-order valence-corrected chi connectivity index (χ2v) is 20.6. The van der Waals surface area contributed by atoms with Crippen molar-refractivity contribution >= 4 is 77.0 Å². The van der Waals surface area contributed by atoms with Crippen LogP contribution in [0.15, 0.2) is 256 Å². The summed E-state index contributed by atoms with van der Waals surface area (Å²) in [7, 11) is 0. The van der Waals surface area contributed by atoms with Gasteiger partial charge in [0.05, 0.1) is 17.1 Å². The van der Waals surface area contributed by atoms with Gasteiger partial charge >= 0.3 is 0 Å². The Morgan fingerprint density at radius 2 is 0.962 bits per heavy atom. The summed E-state index contributed by atoms with van der Waals surface area (Å²) in [5.41, 5.74) is 17.7. The third kappa shape index (κ3) is 8.04. The van der Waals surface area contributed by atoms with Gasteiger partial charge in [-0.25, -0.2) is 4.98 Å². The summed E-state index contributed by atoms with van der Waals surface area (Å²) in [6.45, 7) is 2.30. The number of rotatable bonds is 9. The summed E-state index contributed by atoms with van der Waals surface area (Å²) >= 11 is 0.